The Hall–Kier alpha value is -2.10. The van der Waals surface area contributed by atoms with E-state index in [4.69, 9.17) is 0 Å². The third-order valence-electron chi connectivity index (χ3n) is 5.45. The summed E-state index contributed by atoms with van der Waals surface area (Å²) in [6.07, 6.45) is 7.15. The molecule has 0 atom stereocenters. The second kappa shape index (κ2) is 7.42. The van der Waals surface area contributed by atoms with Crippen LogP contribution in [0.5, 0.6) is 0 Å². The first-order valence-corrected chi connectivity index (χ1v) is 9.35. The first kappa shape index (κ1) is 17.7. The van der Waals surface area contributed by atoms with Gasteiger partial charge in [-0.2, -0.15) is 0 Å². The van der Waals surface area contributed by atoms with E-state index in [2.05, 4.69) is 49.4 Å². The molecule has 1 aliphatic rings. The van der Waals surface area contributed by atoms with E-state index in [0.717, 1.165) is 31.8 Å². The van der Waals surface area contributed by atoms with E-state index in [9.17, 15) is 4.79 Å². The van der Waals surface area contributed by atoms with Crippen LogP contribution in [0.15, 0.2) is 24.5 Å². The van der Waals surface area contributed by atoms with Crippen molar-refractivity contribution in [1.29, 1.82) is 0 Å². The van der Waals surface area contributed by atoms with Crippen LogP contribution in [0.3, 0.4) is 0 Å². The minimum Gasteiger partial charge on any atom is -0.335 e. The highest BCUT2D eigenvalue weighted by molar-refractivity contribution is 5.79. The van der Waals surface area contributed by atoms with E-state index >= 15 is 0 Å². The number of carbonyl (C=O) groups excluding carboxylic acids is 1. The number of aryl methyl sites for hydroxylation is 3. The SMILES string of the molecule is CCN(Cc1nccn1Cc1c(C)cc(C)cc1C)C(=O)C1CCC1. The summed E-state index contributed by atoms with van der Waals surface area (Å²) in [7, 11) is 0. The number of amides is 1. The molecule has 1 saturated carbocycles. The van der Waals surface area contributed by atoms with Gasteiger partial charge in [0.05, 0.1) is 6.54 Å². The van der Waals surface area contributed by atoms with E-state index in [0.29, 0.717) is 12.5 Å². The normalized spacial score (nSPS) is 14.4. The second-order valence-corrected chi connectivity index (χ2v) is 7.33. The quantitative estimate of drug-likeness (QED) is 0.798. The lowest BCUT2D eigenvalue weighted by Gasteiger charge is -2.31. The summed E-state index contributed by atoms with van der Waals surface area (Å²) in [4.78, 5) is 19.1. The van der Waals surface area contributed by atoms with Crippen molar-refractivity contribution in [3.8, 4) is 0 Å². The van der Waals surface area contributed by atoms with Crippen molar-refractivity contribution in [2.24, 2.45) is 5.92 Å². The van der Waals surface area contributed by atoms with E-state index in [1.807, 2.05) is 17.3 Å². The molecular formula is C21H29N3O. The first-order valence-electron chi connectivity index (χ1n) is 9.35. The molecule has 1 aliphatic carbocycles. The highest BCUT2D eigenvalue weighted by Gasteiger charge is 2.29. The number of aromatic nitrogens is 2. The molecule has 4 nitrogen and oxygen atoms in total. The van der Waals surface area contributed by atoms with Crippen LogP contribution in [0.1, 0.15) is 54.3 Å². The van der Waals surface area contributed by atoms with Crippen molar-refractivity contribution in [1.82, 2.24) is 14.5 Å². The van der Waals surface area contributed by atoms with Gasteiger partial charge in [0.15, 0.2) is 0 Å². The molecule has 2 aromatic rings. The van der Waals surface area contributed by atoms with Crippen molar-refractivity contribution < 1.29 is 4.79 Å². The van der Waals surface area contributed by atoms with Gasteiger partial charge < -0.3 is 9.47 Å². The summed E-state index contributed by atoms with van der Waals surface area (Å²) in [5.41, 5.74) is 5.27. The van der Waals surface area contributed by atoms with E-state index in [1.54, 1.807) is 0 Å². The summed E-state index contributed by atoms with van der Waals surface area (Å²) < 4.78 is 2.18. The van der Waals surface area contributed by atoms with Gasteiger partial charge in [-0.3, -0.25) is 4.79 Å². The summed E-state index contributed by atoms with van der Waals surface area (Å²) in [6, 6.07) is 4.47. The Morgan fingerprint density at radius 2 is 1.92 bits per heavy atom. The van der Waals surface area contributed by atoms with Crippen molar-refractivity contribution >= 4 is 5.91 Å². The van der Waals surface area contributed by atoms with Crippen molar-refractivity contribution in [2.75, 3.05) is 6.54 Å². The van der Waals surface area contributed by atoms with Gasteiger partial charge in [0, 0.05) is 31.4 Å². The maximum atomic E-state index is 12.6. The van der Waals surface area contributed by atoms with Crippen LogP contribution >= 0.6 is 0 Å². The zero-order valence-corrected chi connectivity index (χ0v) is 15.9. The van der Waals surface area contributed by atoms with Gasteiger partial charge in [-0.25, -0.2) is 4.98 Å². The number of rotatable bonds is 6. The third-order valence-corrected chi connectivity index (χ3v) is 5.45. The molecule has 0 unspecified atom stereocenters. The lowest BCUT2D eigenvalue weighted by atomic mass is 9.84. The molecule has 1 aromatic carbocycles. The van der Waals surface area contributed by atoms with Crippen LogP contribution in [0, 0.1) is 26.7 Å². The van der Waals surface area contributed by atoms with Crippen LogP contribution < -0.4 is 0 Å². The van der Waals surface area contributed by atoms with Gasteiger partial charge in [-0.15, -0.1) is 0 Å². The van der Waals surface area contributed by atoms with Gasteiger partial charge in [-0.05, 0) is 57.2 Å². The number of hydrogen-bond acceptors (Lipinski definition) is 2. The molecular weight excluding hydrogens is 310 g/mol. The summed E-state index contributed by atoms with van der Waals surface area (Å²) in [5.74, 6) is 1.50. The van der Waals surface area contributed by atoms with Gasteiger partial charge in [0.2, 0.25) is 5.91 Å². The molecule has 0 saturated heterocycles. The fourth-order valence-electron chi connectivity index (χ4n) is 3.69. The predicted molar refractivity (Wildman–Crippen MR) is 100 cm³/mol. The Labute approximate surface area is 150 Å². The highest BCUT2D eigenvalue weighted by Crippen LogP contribution is 2.28. The van der Waals surface area contributed by atoms with Crippen LogP contribution in [0.4, 0.5) is 0 Å². The van der Waals surface area contributed by atoms with E-state index < -0.39 is 0 Å². The van der Waals surface area contributed by atoms with Gasteiger partial charge in [0.1, 0.15) is 5.82 Å². The van der Waals surface area contributed by atoms with Gasteiger partial charge in [-0.1, -0.05) is 24.1 Å². The Bertz CT molecular complexity index is 735. The number of nitrogens with zero attached hydrogens (tertiary/aromatic N) is 3. The second-order valence-electron chi connectivity index (χ2n) is 7.33. The average molecular weight is 339 g/mol. The number of hydrogen-bond donors (Lipinski definition) is 0. The molecule has 0 N–H and O–H groups in total. The molecule has 0 radical (unpaired) electrons. The Balaban J connectivity index is 1.77. The van der Waals surface area contributed by atoms with E-state index in [-0.39, 0.29) is 5.92 Å². The Morgan fingerprint density at radius 3 is 2.48 bits per heavy atom. The summed E-state index contributed by atoms with van der Waals surface area (Å²) >= 11 is 0. The minimum atomic E-state index is 0.241. The smallest absolute Gasteiger partial charge is 0.226 e. The molecule has 4 heteroatoms. The summed E-state index contributed by atoms with van der Waals surface area (Å²) in [6.45, 7) is 10.7. The zero-order chi connectivity index (χ0) is 18.0. The standard InChI is InChI=1S/C21H29N3O/c1-5-23(21(25)18-7-6-8-18)14-20-22-9-10-24(20)13-19-16(3)11-15(2)12-17(19)4/h9-12,18H,5-8,13-14H2,1-4H3. The maximum absolute atomic E-state index is 12.6. The van der Waals surface area contributed by atoms with Crippen molar-refractivity contribution in [3.63, 3.8) is 0 Å². The Kier molecular flexibility index (Phi) is 5.26. The highest BCUT2D eigenvalue weighted by atomic mass is 16.2. The molecule has 1 heterocycles. The largest absolute Gasteiger partial charge is 0.335 e. The van der Waals surface area contributed by atoms with Crippen LogP contribution in [-0.4, -0.2) is 26.9 Å². The molecule has 1 amide bonds. The lowest BCUT2D eigenvalue weighted by molar-refractivity contribution is -0.138. The van der Waals surface area contributed by atoms with Crippen molar-refractivity contribution in [3.05, 3.63) is 52.6 Å². The molecule has 0 spiro atoms. The molecule has 0 bridgehead atoms. The summed E-state index contributed by atoms with van der Waals surface area (Å²) in [5, 5.41) is 0. The molecule has 134 valence electrons. The maximum Gasteiger partial charge on any atom is 0.226 e. The number of imidazole rings is 1. The minimum absolute atomic E-state index is 0.241. The third kappa shape index (κ3) is 3.78. The van der Waals surface area contributed by atoms with Gasteiger partial charge >= 0.3 is 0 Å². The topological polar surface area (TPSA) is 38.1 Å². The zero-order valence-electron chi connectivity index (χ0n) is 15.9. The molecule has 0 aliphatic heterocycles. The van der Waals surface area contributed by atoms with Crippen LogP contribution in [-0.2, 0) is 17.9 Å². The van der Waals surface area contributed by atoms with Crippen molar-refractivity contribution in [2.45, 2.75) is 60.0 Å². The number of benzene rings is 1. The average Bonchev–Trinajstić information content (AvgIpc) is 2.93. The monoisotopic (exact) mass is 339 g/mol. The molecule has 1 fully saturated rings. The van der Waals surface area contributed by atoms with Crippen LogP contribution in [0.2, 0.25) is 0 Å². The fraction of sp³-hybridized carbons (Fsp3) is 0.524. The number of carbonyl (C=O) groups is 1. The molecule has 1 aromatic heterocycles. The Morgan fingerprint density at radius 1 is 1.24 bits per heavy atom. The predicted octanol–water partition coefficient (Wildman–Crippen LogP) is 4.01. The van der Waals surface area contributed by atoms with Crippen LogP contribution in [0.25, 0.3) is 0 Å². The lowest BCUT2D eigenvalue weighted by Crippen LogP contribution is -2.39. The molecule has 25 heavy (non-hydrogen) atoms. The molecule has 3 rings (SSSR count). The van der Waals surface area contributed by atoms with Gasteiger partial charge in [0.25, 0.3) is 0 Å². The first-order chi connectivity index (χ1) is 12.0. The van der Waals surface area contributed by atoms with E-state index in [1.165, 1.54) is 28.7 Å². The fourth-order valence-corrected chi connectivity index (χ4v) is 3.69.